The number of aromatic amines is 1. The molecule has 262 valence electrons. The van der Waals surface area contributed by atoms with E-state index in [1.807, 2.05) is 12.1 Å². The second kappa shape index (κ2) is 16.3. The molecule has 5 rings (SSSR count). The van der Waals surface area contributed by atoms with E-state index in [9.17, 15) is 23.6 Å². The minimum absolute atomic E-state index is 0.0238. The number of H-pyrrole nitrogens is 1. The maximum absolute atomic E-state index is 14.1. The maximum atomic E-state index is 14.1. The Bertz CT molecular complexity index is 1380. The van der Waals surface area contributed by atoms with E-state index in [-0.39, 0.29) is 35.5 Å². The van der Waals surface area contributed by atoms with Crippen molar-refractivity contribution < 1.29 is 33.0 Å². The van der Waals surface area contributed by atoms with Crippen LogP contribution in [0.25, 0.3) is 11.4 Å². The summed E-state index contributed by atoms with van der Waals surface area (Å²) < 4.78 is 24.3. The number of hydrogen-bond donors (Lipinski definition) is 3. The van der Waals surface area contributed by atoms with E-state index in [0.29, 0.717) is 49.7 Å². The Kier molecular flexibility index (Phi) is 12.0. The molecule has 1 saturated heterocycles. The van der Waals surface area contributed by atoms with Crippen LogP contribution in [0.15, 0.2) is 24.3 Å². The number of anilines is 1. The van der Waals surface area contributed by atoms with Crippen LogP contribution in [0, 0.1) is 29.6 Å². The quantitative estimate of drug-likeness (QED) is 0.220. The highest BCUT2D eigenvalue weighted by atomic mass is 19.1. The Labute approximate surface area is 280 Å². The first-order valence-electron chi connectivity index (χ1n) is 17.3. The van der Waals surface area contributed by atoms with E-state index in [1.165, 1.54) is 13.3 Å². The summed E-state index contributed by atoms with van der Waals surface area (Å²) >= 11 is 0. The molecule has 2 saturated carbocycles. The van der Waals surface area contributed by atoms with Crippen LogP contribution in [-0.4, -0.2) is 81.0 Å². The monoisotopic (exact) mass is 669 g/mol. The number of rotatable bonds is 11. The highest BCUT2D eigenvalue weighted by Gasteiger charge is 2.47. The average Bonchev–Trinajstić information content (AvgIpc) is 3.79. The third-order valence-corrected chi connectivity index (χ3v) is 10.2. The molecule has 3 fully saturated rings. The summed E-state index contributed by atoms with van der Waals surface area (Å²) in [5.74, 6) is -0.578. The van der Waals surface area contributed by atoms with E-state index >= 15 is 0 Å². The van der Waals surface area contributed by atoms with Gasteiger partial charge in [0.15, 0.2) is 0 Å². The van der Waals surface area contributed by atoms with Crippen molar-refractivity contribution >= 4 is 29.6 Å². The number of benzene rings is 1. The molecule has 14 heteroatoms. The number of halogens is 1. The number of ether oxygens (including phenoxy) is 2. The molecule has 13 nitrogen and oxygen atoms in total. The predicted molar refractivity (Wildman–Crippen MR) is 174 cm³/mol. The maximum Gasteiger partial charge on any atom is 0.410 e. The van der Waals surface area contributed by atoms with Gasteiger partial charge in [-0.05, 0) is 79.3 Å². The Morgan fingerprint density at radius 1 is 0.958 bits per heavy atom. The summed E-state index contributed by atoms with van der Waals surface area (Å²) in [6.45, 7) is 4.52. The molecule has 3 amide bonds. The smallest absolute Gasteiger partial charge is 0.410 e. The molecule has 3 aliphatic rings. The van der Waals surface area contributed by atoms with Gasteiger partial charge in [-0.1, -0.05) is 46.0 Å². The highest BCUT2D eigenvalue weighted by molar-refractivity contribution is 5.98. The van der Waals surface area contributed by atoms with Gasteiger partial charge in [-0.3, -0.25) is 14.4 Å². The van der Waals surface area contributed by atoms with Gasteiger partial charge in [-0.2, -0.15) is 5.21 Å². The zero-order valence-corrected chi connectivity index (χ0v) is 28.0. The lowest BCUT2D eigenvalue weighted by molar-refractivity contribution is -0.168. The minimum atomic E-state index is -1.10. The average molecular weight is 670 g/mol. The van der Waals surface area contributed by atoms with Crippen molar-refractivity contribution in [1.29, 1.82) is 0 Å². The molecule has 2 aromatic rings. The van der Waals surface area contributed by atoms with Crippen molar-refractivity contribution in [3.05, 3.63) is 24.3 Å². The Morgan fingerprint density at radius 3 is 2.29 bits per heavy atom. The largest absolute Gasteiger partial charge is 0.425 e. The topological polar surface area (TPSA) is 168 Å². The molecule has 1 aromatic heterocycles. The van der Waals surface area contributed by atoms with Gasteiger partial charge in [0, 0.05) is 30.6 Å². The van der Waals surface area contributed by atoms with Gasteiger partial charge in [0.05, 0.1) is 12.0 Å². The second-order valence-corrected chi connectivity index (χ2v) is 13.7. The van der Waals surface area contributed by atoms with Crippen LogP contribution >= 0.6 is 0 Å². The number of likely N-dealkylation sites (tertiary alicyclic amines) is 1. The molecule has 0 bridgehead atoms. The number of nitrogens with one attached hydrogen (secondary N) is 3. The van der Waals surface area contributed by atoms with Gasteiger partial charge < -0.3 is 25.0 Å². The number of alkyl halides is 1. The van der Waals surface area contributed by atoms with Crippen LogP contribution in [0.3, 0.4) is 0 Å². The minimum Gasteiger partial charge on any atom is -0.425 e. The van der Waals surface area contributed by atoms with Gasteiger partial charge in [0.2, 0.25) is 23.9 Å². The van der Waals surface area contributed by atoms with Crippen molar-refractivity contribution in [2.75, 3.05) is 18.5 Å². The summed E-state index contributed by atoms with van der Waals surface area (Å²) in [5.41, 5.74) is 1.39. The SMILES string of the molecule is CC(C)C(=O)O[C@@H](C)OC(=O)N[C@H](CF)C1CCC(C(=O)N2CC[C@@H](C3CCCCC3)[C@H]2C(=O)Nc2ccc(-c3nn[nH]n3)cc2)CC1. The molecule has 0 unspecified atom stereocenters. The molecule has 3 N–H and O–H groups in total. The molecule has 48 heavy (non-hydrogen) atoms. The van der Waals surface area contributed by atoms with Crippen molar-refractivity contribution in [2.45, 2.75) is 103 Å². The lowest BCUT2D eigenvalue weighted by atomic mass is 9.76. The zero-order chi connectivity index (χ0) is 34.2. The number of alkyl carbamates (subject to hydrolysis) is 1. The number of nitrogens with zero attached hydrogens (tertiary/aromatic N) is 4. The van der Waals surface area contributed by atoms with Gasteiger partial charge in [-0.15, -0.1) is 10.2 Å². The molecule has 0 radical (unpaired) electrons. The number of tetrazole rings is 1. The number of amides is 3. The standard InChI is InChI=1S/C34H48FN7O6/c1-20(2)33(45)47-21(3)48-34(46)37-28(19-35)23-9-11-25(12-10-23)32(44)42-18-17-27(22-7-5-4-6-8-22)29(42)31(43)36-26-15-13-24(14-16-26)30-38-40-41-39-30/h13-16,20-23,25,27-29H,4-12,17-19H2,1-3H3,(H,36,43)(H,37,46)(H,38,39,40,41)/t21-,23?,25?,27+,28-,29+/m1/s1. The number of esters is 1. The Hall–Kier alpha value is -4.10. The Balaban J connectivity index is 1.19. The summed E-state index contributed by atoms with van der Waals surface area (Å²) in [5, 5.41) is 19.7. The van der Waals surface area contributed by atoms with Crippen LogP contribution in [0.1, 0.15) is 85.0 Å². The zero-order valence-electron chi connectivity index (χ0n) is 28.0. The van der Waals surface area contributed by atoms with E-state index in [1.54, 1.807) is 30.9 Å². The summed E-state index contributed by atoms with van der Waals surface area (Å²) in [6.07, 6.45) is 6.63. The van der Waals surface area contributed by atoms with E-state index in [0.717, 1.165) is 37.7 Å². The third kappa shape index (κ3) is 8.67. The fraction of sp³-hybridized carbons (Fsp3) is 0.676. The first kappa shape index (κ1) is 35.2. The molecule has 1 aliphatic heterocycles. The molecular formula is C34H48FN7O6. The first-order valence-corrected chi connectivity index (χ1v) is 17.3. The van der Waals surface area contributed by atoms with Crippen LogP contribution in [-0.2, 0) is 23.9 Å². The van der Waals surface area contributed by atoms with Crippen LogP contribution in [0.5, 0.6) is 0 Å². The fourth-order valence-electron chi connectivity index (χ4n) is 7.60. The second-order valence-electron chi connectivity index (χ2n) is 13.7. The third-order valence-electron chi connectivity index (χ3n) is 10.2. The lowest BCUT2D eigenvalue weighted by Gasteiger charge is -2.37. The van der Waals surface area contributed by atoms with Crippen LogP contribution in [0.4, 0.5) is 14.9 Å². The highest BCUT2D eigenvalue weighted by Crippen LogP contribution is 2.41. The predicted octanol–water partition coefficient (Wildman–Crippen LogP) is 5.02. The fourth-order valence-corrected chi connectivity index (χ4v) is 7.60. The first-order chi connectivity index (χ1) is 23.1. The molecule has 2 heterocycles. The molecule has 4 atom stereocenters. The van der Waals surface area contributed by atoms with Crippen molar-refractivity contribution in [3.63, 3.8) is 0 Å². The van der Waals surface area contributed by atoms with Gasteiger partial charge in [0.1, 0.15) is 12.7 Å². The van der Waals surface area contributed by atoms with E-state index < -0.39 is 37.1 Å². The summed E-state index contributed by atoms with van der Waals surface area (Å²) in [7, 11) is 0. The van der Waals surface area contributed by atoms with E-state index in [4.69, 9.17) is 9.47 Å². The molecular weight excluding hydrogens is 621 g/mol. The molecule has 2 aliphatic carbocycles. The van der Waals surface area contributed by atoms with Crippen molar-refractivity contribution in [2.24, 2.45) is 29.6 Å². The van der Waals surface area contributed by atoms with Crippen LogP contribution < -0.4 is 10.6 Å². The molecule has 0 spiro atoms. The Morgan fingerprint density at radius 2 is 1.67 bits per heavy atom. The summed E-state index contributed by atoms with van der Waals surface area (Å²) in [4.78, 5) is 54.0. The van der Waals surface area contributed by atoms with Gasteiger partial charge >= 0.3 is 12.1 Å². The molecule has 1 aromatic carbocycles. The normalized spacial score (nSPS) is 24.5. The van der Waals surface area contributed by atoms with Gasteiger partial charge in [0.25, 0.3) is 0 Å². The number of carbonyl (C=O) groups is 4. The summed E-state index contributed by atoms with van der Waals surface area (Å²) in [6, 6.07) is 5.88. The van der Waals surface area contributed by atoms with Gasteiger partial charge in [-0.25, -0.2) is 9.18 Å². The van der Waals surface area contributed by atoms with Crippen LogP contribution in [0.2, 0.25) is 0 Å². The number of carbonyl (C=O) groups excluding carboxylic acids is 4. The number of hydrogen-bond acceptors (Lipinski definition) is 9. The lowest BCUT2D eigenvalue weighted by Crippen LogP contribution is -2.50. The van der Waals surface area contributed by atoms with Crippen molar-refractivity contribution in [3.8, 4) is 11.4 Å². The van der Waals surface area contributed by atoms with Crippen molar-refractivity contribution in [1.82, 2.24) is 30.8 Å². The number of aromatic nitrogens is 4. The van der Waals surface area contributed by atoms with E-state index in [2.05, 4.69) is 31.3 Å².